The molecule has 1 heterocycles. The average molecular weight is 256 g/mol. The van der Waals surface area contributed by atoms with Crippen LogP contribution < -0.4 is 10.6 Å². The van der Waals surface area contributed by atoms with Crippen molar-refractivity contribution >= 4 is 11.8 Å². The Kier molecular flexibility index (Phi) is 6.67. The summed E-state index contributed by atoms with van der Waals surface area (Å²) in [4.78, 5) is 27.3. The van der Waals surface area contributed by atoms with Gasteiger partial charge in [0.25, 0.3) is 0 Å². The van der Waals surface area contributed by atoms with Gasteiger partial charge in [-0.1, -0.05) is 0 Å². The molecule has 0 aromatic carbocycles. The predicted octanol–water partition coefficient (Wildman–Crippen LogP) is -1.12. The van der Waals surface area contributed by atoms with Gasteiger partial charge in [0.2, 0.25) is 11.8 Å². The maximum Gasteiger partial charge on any atom is 0.239 e. The number of nitrogens with zero attached hydrogens (tertiary/aromatic N) is 2. The van der Waals surface area contributed by atoms with Gasteiger partial charge < -0.3 is 15.5 Å². The Bertz CT molecular complexity index is 277. The number of hydrogen-bond donors (Lipinski definition) is 2. The quantitative estimate of drug-likeness (QED) is 0.631. The molecule has 0 aromatic rings. The molecule has 1 fully saturated rings. The summed E-state index contributed by atoms with van der Waals surface area (Å²) >= 11 is 0. The standard InChI is InChI=1S/C12H24N4O2/c1-3-14-11(17)9-16(4-2)12(18)10-15-7-5-13-6-8-15/h13H,3-10H2,1-2H3,(H,14,17). The molecule has 1 aliphatic rings. The molecule has 2 N–H and O–H groups in total. The molecule has 1 aliphatic heterocycles. The molecule has 2 amide bonds. The predicted molar refractivity (Wildman–Crippen MR) is 70.2 cm³/mol. The Labute approximate surface area is 109 Å². The molecule has 1 saturated heterocycles. The van der Waals surface area contributed by atoms with Crippen molar-refractivity contribution in [2.24, 2.45) is 0 Å². The van der Waals surface area contributed by atoms with Crippen LogP contribution >= 0.6 is 0 Å². The van der Waals surface area contributed by atoms with Crippen molar-refractivity contribution in [1.82, 2.24) is 20.4 Å². The lowest BCUT2D eigenvalue weighted by molar-refractivity contribution is -0.136. The second kappa shape index (κ2) is 8.05. The third kappa shape index (κ3) is 5.01. The minimum absolute atomic E-state index is 0.0330. The zero-order chi connectivity index (χ0) is 13.4. The van der Waals surface area contributed by atoms with Crippen molar-refractivity contribution in [1.29, 1.82) is 0 Å². The van der Waals surface area contributed by atoms with E-state index in [9.17, 15) is 9.59 Å². The van der Waals surface area contributed by atoms with Crippen LogP contribution in [0, 0.1) is 0 Å². The number of carbonyl (C=O) groups is 2. The van der Waals surface area contributed by atoms with Gasteiger partial charge in [-0.25, -0.2) is 0 Å². The van der Waals surface area contributed by atoms with Crippen molar-refractivity contribution < 1.29 is 9.59 Å². The van der Waals surface area contributed by atoms with Crippen LogP contribution in [0.25, 0.3) is 0 Å². The third-order valence-electron chi connectivity index (χ3n) is 3.01. The zero-order valence-corrected chi connectivity index (χ0v) is 11.4. The fraction of sp³-hybridized carbons (Fsp3) is 0.833. The van der Waals surface area contributed by atoms with E-state index in [0.717, 1.165) is 26.2 Å². The van der Waals surface area contributed by atoms with Crippen molar-refractivity contribution in [3.05, 3.63) is 0 Å². The van der Waals surface area contributed by atoms with Crippen molar-refractivity contribution in [3.63, 3.8) is 0 Å². The second-order valence-corrected chi connectivity index (χ2v) is 4.39. The molecule has 0 unspecified atom stereocenters. The summed E-state index contributed by atoms with van der Waals surface area (Å²) in [7, 11) is 0. The molecule has 6 nitrogen and oxygen atoms in total. The SMILES string of the molecule is CCNC(=O)CN(CC)C(=O)CN1CCNCC1. The molecule has 0 atom stereocenters. The molecule has 0 bridgehead atoms. The first-order valence-corrected chi connectivity index (χ1v) is 6.64. The van der Waals surface area contributed by atoms with Gasteiger partial charge in [-0.2, -0.15) is 0 Å². The summed E-state index contributed by atoms with van der Waals surface area (Å²) in [5, 5.41) is 5.96. The molecule has 18 heavy (non-hydrogen) atoms. The number of hydrogen-bond acceptors (Lipinski definition) is 4. The van der Waals surface area contributed by atoms with E-state index in [1.807, 2.05) is 13.8 Å². The molecule has 0 radical (unpaired) electrons. The van der Waals surface area contributed by atoms with Crippen LogP contribution in [0.3, 0.4) is 0 Å². The highest BCUT2D eigenvalue weighted by atomic mass is 16.2. The first kappa shape index (κ1) is 14.9. The van der Waals surface area contributed by atoms with E-state index in [1.54, 1.807) is 4.90 Å². The Balaban J connectivity index is 2.38. The van der Waals surface area contributed by atoms with Crippen LogP contribution in [-0.2, 0) is 9.59 Å². The van der Waals surface area contributed by atoms with Gasteiger partial charge in [0.1, 0.15) is 0 Å². The molecule has 0 aliphatic carbocycles. The lowest BCUT2D eigenvalue weighted by Gasteiger charge is -2.29. The molecule has 6 heteroatoms. The summed E-state index contributed by atoms with van der Waals surface area (Å²) < 4.78 is 0. The van der Waals surface area contributed by atoms with Crippen LogP contribution in [0.5, 0.6) is 0 Å². The third-order valence-corrected chi connectivity index (χ3v) is 3.01. The number of rotatable bonds is 6. The van der Waals surface area contributed by atoms with Crippen molar-refractivity contribution in [2.75, 3.05) is 52.4 Å². The van der Waals surface area contributed by atoms with Crippen LogP contribution in [0.1, 0.15) is 13.8 Å². The summed E-state index contributed by atoms with van der Waals surface area (Å²) in [5.41, 5.74) is 0. The lowest BCUT2D eigenvalue weighted by Crippen LogP contribution is -2.49. The van der Waals surface area contributed by atoms with Crippen LogP contribution in [0.15, 0.2) is 0 Å². The van der Waals surface area contributed by atoms with E-state index in [-0.39, 0.29) is 18.4 Å². The highest BCUT2D eigenvalue weighted by Gasteiger charge is 2.19. The van der Waals surface area contributed by atoms with Gasteiger partial charge >= 0.3 is 0 Å². The maximum absolute atomic E-state index is 12.1. The van der Waals surface area contributed by atoms with Gasteiger partial charge in [-0.15, -0.1) is 0 Å². The number of amides is 2. The van der Waals surface area contributed by atoms with Gasteiger partial charge in [-0.3, -0.25) is 14.5 Å². The molecular weight excluding hydrogens is 232 g/mol. The van der Waals surface area contributed by atoms with E-state index >= 15 is 0 Å². The smallest absolute Gasteiger partial charge is 0.239 e. The Morgan fingerprint density at radius 3 is 2.50 bits per heavy atom. The molecule has 0 saturated carbocycles. The topological polar surface area (TPSA) is 64.7 Å². The Morgan fingerprint density at radius 2 is 1.94 bits per heavy atom. The van der Waals surface area contributed by atoms with Gasteiger partial charge in [0.05, 0.1) is 13.1 Å². The first-order chi connectivity index (χ1) is 8.67. The van der Waals surface area contributed by atoms with E-state index < -0.39 is 0 Å². The lowest BCUT2D eigenvalue weighted by atomic mass is 10.3. The first-order valence-electron chi connectivity index (χ1n) is 6.64. The van der Waals surface area contributed by atoms with E-state index in [2.05, 4.69) is 15.5 Å². The normalized spacial score (nSPS) is 16.3. The summed E-state index contributed by atoms with van der Waals surface area (Å²) in [6.45, 7) is 9.15. The zero-order valence-electron chi connectivity index (χ0n) is 11.4. The second-order valence-electron chi connectivity index (χ2n) is 4.39. The summed E-state index contributed by atoms with van der Waals surface area (Å²) in [6.07, 6.45) is 0. The number of likely N-dealkylation sites (N-methyl/N-ethyl adjacent to an activating group) is 2. The minimum Gasteiger partial charge on any atom is -0.355 e. The van der Waals surface area contributed by atoms with Gasteiger partial charge in [0.15, 0.2) is 0 Å². The highest BCUT2D eigenvalue weighted by Crippen LogP contribution is 1.96. The summed E-state index contributed by atoms with van der Waals surface area (Å²) in [6, 6.07) is 0. The van der Waals surface area contributed by atoms with E-state index in [0.29, 0.717) is 19.6 Å². The van der Waals surface area contributed by atoms with E-state index in [1.165, 1.54) is 0 Å². The summed E-state index contributed by atoms with van der Waals surface area (Å²) in [5.74, 6) is -0.0568. The largest absolute Gasteiger partial charge is 0.355 e. The molecule has 0 aromatic heterocycles. The van der Waals surface area contributed by atoms with Gasteiger partial charge in [-0.05, 0) is 13.8 Å². The van der Waals surface area contributed by atoms with Crippen molar-refractivity contribution in [3.8, 4) is 0 Å². The van der Waals surface area contributed by atoms with Crippen LogP contribution in [-0.4, -0.2) is 74.0 Å². The Morgan fingerprint density at radius 1 is 1.28 bits per heavy atom. The maximum atomic E-state index is 12.1. The van der Waals surface area contributed by atoms with Gasteiger partial charge in [0, 0.05) is 39.3 Å². The fourth-order valence-corrected chi connectivity index (χ4v) is 1.96. The van der Waals surface area contributed by atoms with Crippen LogP contribution in [0.2, 0.25) is 0 Å². The fourth-order valence-electron chi connectivity index (χ4n) is 1.96. The molecule has 0 spiro atoms. The molecule has 104 valence electrons. The molecular formula is C12H24N4O2. The minimum atomic E-state index is -0.0898. The average Bonchev–Trinajstić information content (AvgIpc) is 2.37. The van der Waals surface area contributed by atoms with E-state index in [4.69, 9.17) is 0 Å². The number of piperazine rings is 1. The Hall–Kier alpha value is -1.14. The molecule has 1 rings (SSSR count). The van der Waals surface area contributed by atoms with Crippen molar-refractivity contribution in [2.45, 2.75) is 13.8 Å². The monoisotopic (exact) mass is 256 g/mol. The highest BCUT2D eigenvalue weighted by molar-refractivity contribution is 5.85. The van der Waals surface area contributed by atoms with Crippen LogP contribution in [0.4, 0.5) is 0 Å². The number of nitrogens with one attached hydrogen (secondary N) is 2. The number of carbonyl (C=O) groups excluding carboxylic acids is 2.